The van der Waals surface area contributed by atoms with Crippen LogP contribution < -0.4 is 10.1 Å². The van der Waals surface area contributed by atoms with Crippen molar-refractivity contribution in [2.75, 3.05) is 17.7 Å². The van der Waals surface area contributed by atoms with Crippen LogP contribution in [0.15, 0.2) is 42.5 Å². The van der Waals surface area contributed by atoms with Gasteiger partial charge in [-0.2, -0.15) is 0 Å². The maximum atomic E-state index is 12.2. The number of nitrogens with one attached hydrogen (secondary N) is 1. The van der Waals surface area contributed by atoms with Gasteiger partial charge in [0.15, 0.2) is 0 Å². The maximum Gasteiger partial charge on any atom is 0.237 e. The van der Waals surface area contributed by atoms with Gasteiger partial charge in [-0.1, -0.05) is 18.2 Å². The van der Waals surface area contributed by atoms with E-state index in [0.29, 0.717) is 6.61 Å². The first-order valence-corrected chi connectivity index (χ1v) is 9.69. The van der Waals surface area contributed by atoms with E-state index < -0.39 is 0 Å². The molecule has 1 atom stereocenters. The summed E-state index contributed by atoms with van der Waals surface area (Å²) in [6.45, 7) is 8.78. The van der Waals surface area contributed by atoms with E-state index in [-0.39, 0.29) is 11.2 Å². The van der Waals surface area contributed by atoms with E-state index >= 15 is 0 Å². The van der Waals surface area contributed by atoms with Crippen LogP contribution in [0.4, 0.5) is 5.69 Å². The van der Waals surface area contributed by atoms with E-state index in [9.17, 15) is 4.79 Å². The summed E-state index contributed by atoms with van der Waals surface area (Å²) in [6, 6.07) is 14.1. The number of carbonyl (C=O) groups excluding carboxylic acids is 1. The van der Waals surface area contributed by atoms with E-state index in [1.165, 1.54) is 11.1 Å². The van der Waals surface area contributed by atoms with Crippen LogP contribution in [0.5, 0.6) is 5.75 Å². The van der Waals surface area contributed by atoms with Crippen LogP contribution >= 0.6 is 11.8 Å². The monoisotopic (exact) mass is 357 g/mol. The normalized spacial score (nSPS) is 11.8. The number of hydrogen-bond donors (Lipinski definition) is 1. The lowest BCUT2D eigenvalue weighted by atomic mass is 10.1. The number of benzene rings is 2. The van der Waals surface area contributed by atoms with Gasteiger partial charge < -0.3 is 10.1 Å². The molecule has 2 aromatic rings. The molecule has 0 fully saturated rings. The van der Waals surface area contributed by atoms with Gasteiger partial charge in [0.1, 0.15) is 5.75 Å². The second-order valence-corrected chi connectivity index (χ2v) is 7.85. The zero-order valence-corrected chi connectivity index (χ0v) is 16.3. The molecular weight excluding hydrogens is 330 g/mol. The predicted molar refractivity (Wildman–Crippen MR) is 108 cm³/mol. The number of aryl methyl sites for hydroxylation is 3. The Bertz CT molecular complexity index is 695. The topological polar surface area (TPSA) is 38.3 Å². The highest BCUT2D eigenvalue weighted by molar-refractivity contribution is 8.00. The summed E-state index contributed by atoms with van der Waals surface area (Å²) in [5, 5.41) is 2.89. The average molecular weight is 358 g/mol. The second-order valence-electron chi connectivity index (χ2n) is 6.40. The molecule has 0 spiro atoms. The lowest BCUT2D eigenvalue weighted by Gasteiger charge is -2.13. The van der Waals surface area contributed by atoms with Crippen molar-refractivity contribution in [2.45, 2.75) is 39.4 Å². The maximum absolute atomic E-state index is 12.2. The van der Waals surface area contributed by atoms with Crippen molar-refractivity contribution < 1.29 is 9.53 Å². The molecule has 0 saturated heterocycles. The zero-order valence-electron chi connectivity index (χ0n) is 15.5. The molecule has 0 aliphatic carbocycles. The Morgan fingerprint density at radius 2 is 1.80 bits per heavy atom. The summed E-state index contributed by atoms with van der Waals surface area (Å²) in [7, 11) is 0. The summed E-state index contributed by atoms with van der Waals surface area (Å²) in [6.07, 6.45) is 0.916. The van der Waals surface area contributed by atoms with E-state index in [4.69, 9.17) is 4.74 Å². The van der Waals surface area contributed by atoms with Crippen LogP contribution in [0.2, 0.25) is 0 Å². The van der Waals surface area contributed by atoms with Crippen LogP contribution in [0, 0.1) is 20.8 Å². The van der Waals surface area contributed by atoms with Gasteiger partial charge in [0.25, 0.3) is 0 Å². The lowest BCUT2D eigenvalue weighted by molar-refractivity contribution is -0.115. The van der Waals surface area contributed by atoms with Crippen LogP contribution in [0.25, 0.3) is 0 Å². The number of hydrogen-bond acceptors (Lipinski definition) is 3. The Morgan fingerprint density at radius 3 is 2.48 bits per heavy atom. The van der Waals surface area contributed by atoms with Gasteiger partial charge in [-0.15, -0.1) is 11.8 Å². The minimum Gasteiger partial charge on any atom is -0.494 e. The summed E-state index contributed by atoms with van der Waals surface area (Å²) >= 11 is 1.66. The molecule has 2 aromatic carbocycles. The minimum absolute atomic E-state index is 0.0471. The van der Waals surface area contributed by atoms with Gasteiger partial charge in [0.05, 0.1) is 11.9 Å². The van der Waals surface area contributed by atoms with E-state index in [0.717, 1.165) is 29.2 Å². The highest BCUT2D eigenvalue weighted by atomic mass is 32.2. The lowest BCUT2D eigenvalue weighted by Crippen LogP contribution is -2.23. The summed E-state index contributed by atoms with van der Waals surface area (Å²) in [4.78, 5) is 12.2. The predicted octanol–water partition coefficient (Wildman–Crippen LogP) is 5.14. The number of rotatable bonds is 8. The van der Waals surface area contributed by atoms with Gasteiger partial charge >= 0.3 is 0 Å². The van der Waals surface area contributed by atoms with E-state index in [1.807, 2.05) is 38.1 Å². The van der Waals surface area contributed by atoms with Crippen LogP contribution in [0.1, 0.15) is 30.0 Å². The molecule has 134 valence electrons. The SMILES string of the molecule is Cc1cccc(NC(=O)C(C)SCCCOc2cc(C)cc(C)c2)c1. The van der Waals surface area contributed by atoms with Crippen LogP contribution in [-0.4, -0.2) is 23.5 Å². The van der Waals surface area contributed by atoms with Gasteiger partial charge in [0.2, 0.25) is 5.91 Å². The van der Waals surface area contributed by atoms with Gasteiger partial charge in [0, 0.05) is 5.69 Å². The molecule has 0 aliphatic heterocycles. The fourth-order valence-corrected chi connectivity index (χ4v) is 3.42. The first-order chi connectivity index (χ1) is 11.9. The Morgan fingerprint density at radius 1 is 1.08 bits per heavy atom. The molecule has 1 amide bonds. The number of thioether (sulfide) groups is 1. The van der Waals surface area contributed by atoms with Gasteiger partial charge in [-0.25, -0.2) is 0 Å². The third-order valence-corrected chi connectivity index (χ3v) is 5.01. The standard InChI is InChI=1S/C21H27NO2S/c1-15-7-5-8-19(12-15)22-21(23)18(4)25-10-6-9-24-20-13-16(2)11-17(3)14-20/h5,7-8,11-14,18H,6,9-10H2,1-4H3,(H,22,23). The van der Waals surface area contributed by atoms with Crippen molar-refractivity contribution in [3.05, 3.63) is 59.2 Å². The molecule has 0 saturated carbocycles. The van der Waals surface area contributed by atoms with E-state index in [2.05, 4.69) is 37.4 Å². The summed E-state index contributed by atoms with van der Waals surface area (Å²) in [5.74, 6) is 1.87. The van der Waals surface area contributed by atoms with Crippen molar-refractivity contribution >= 4 is 23.4 Å². The Kier molecular flexibility index (Phi) is 7.38. The molecule has 4 heteroatoms. The van der Waals surface area contributed by atoms with Crippen LogP contribution in [-0.2, 0) is 4.79 Å². The molecule has 25 heavy (non-hydrogen) atoms. The zero-order chi connectivity index (χ0) is 18.2. The minimum atomic E-state index is -0.0817. The molecule has 0 aliphatic rings. The van der Waals surface area contributed by atoms with Gasteiger partial charge in [-0.3, -0.25) is 4.79 Å². The number of ether oxygens (including phenoxy) is 1. The molecule has 0 bridgehead atoms. The van der Waals surface area contributed by atoms with Crippen molar-refractivity contribution in [3.63, 3.8) is 0 Å². The molecule has 1 N–H and O–H groups in total. The third-order valence-electron chi connectivity index (χ3n) is 3.78. The Labute approximate surface area is 155 Å². The first-order valence-electron chi connectivity index (χ1n) is 8.64. The highest BCUT2D eigenvalue weighted by Gasteiger charge is 2.13. The summed E-state index contributed by atoms with van der Waals surface area (Å²) in [5.41, 5.74) is 4.42. The number of amides is 1. The molecule has 2 rings (SSSR count). The smallest absolute Gasteiger partial charge is 0.237 e. The molecular formula is C21H27NO2S. The van der Waals surface area contributed by atoms with Crippen molar-refractivity contribution in [1.82, 2.24) is 0 Å². The largest absolute Gasteiger partial charge is 0.494 e. The van der Waals surface area contributed by atoms with Crippen molar-refractivity contribution in [3.8, 4) is 5.75 Å². The van der Waals surface area contributed by atoms with E-state index in [1.54, 1.807) is 11.8 Å². The second kappa shape index (κ2) is 9.52. The van der Waals surface area contributed by atoms with Crippen molar-refractivity contribution in [2.24, 2.45) is 0 Å². The Hall–Kier alpha value is -1.94. The van der Waals surface area contributed by atoms with Crippen molar-refractivity contribution in [1.29, 1.82) is 0 Å². The number of carbonyl (C=O) groups is 1. The molecule has 0 radical (unpaired) electrons. The molecule has 1 unspecified atom stereocenters. The molecule has 3 nitrogen and oxygen atoms in total. The molecule has 0 heterocycles. The summed E-state index contributed by atoms with van der Waals surface area (Å²) < 4.78 is 5.80. The quantitative estimate of drug-likeness (QED) is 0.665. The fraction of sp³-hybridized carbons (Fsp3) is 0.381. The van der Waals surface area contributed by atoms with Gasteiger partial charge in [-0.05, 0) is 80.8 Å². The number of anilines is 1. The molecule has 0 aromatic heterocycles. The third kappa shape index (κ3) is 6.83. The fourth-order valence-electron chi connectivity index (χ4n) is 2.57. The average Bonchev–Trinajstić information content (AvgIpc) is 2.53. The van der Waals surface area contributed by atoms with Crippen LogP contribution in [0.3, 0.4) is 0 Å². The Balaban J connectivity index is 1.67. The first kappa shape index (κ1) is 19.4. The highest BCUT2D eigenvalue weighted by Crippen LogP contribution is 2.18.